The third-order valence-electron chi connectivity index (χ3n) is 7.38. The molecule has 0 bridgehead atoms. The molecule has 206 valence electrons. The van der Waals surface area contributed by atoms with E-state index in [0.29, 0.717) is 29.7 Å². The second kappa shape index (κ2) is 11.5. The first-order valence-corrected chi connectivity index (χ1v) is 13.4. The van der Waals surface area contributed by atoms with E-state index in [9.17, 15) is 8.78 Å². The Morgan fingerprint density at radius 3 is 2.46 bits per heavy atom. The van der Waals surface area contributed by atoms with Gasteiger partial charge in [-0.05, 0) is 72.0 Å². The molecule has 0 saturated carbocycles. The molecule has 1 fully saturated rings. The van der Waals surface area contributed by atoms with Gasteiger partial charge in [0.25, 0.3) is 0 Å². The Labute approximate surface area is 235 Å². The van der Waals surface area contributed by atoms with E-state index in [1.165, 1.54) is 30.3 Å². The lowest BCUT2D eigenvalue weighted by molar-refractivity contribution is 0.0973. The van der Waals surface area contributed by atoms with Crippen molar-refractivity contribution in [2.45, 2.75) is 38.5 Å². The van der Waals surface area contributed by atoms with Crippen molar-refractivity contribution in [3.63, 3.8) is 0 Å². The Morgan fingerprint density at radius 2 is 1.68 bits per heavy atom. The van der Waals surface area contributed by atoms with E-state index in [1.54, 1.807) is 18.2 Å². The molecular formula is C33H26F3N3O2. The minimum Gasteiger partial charge on any atom is -0.486 e. The summed E-state index contributed by atoms with van der Waals surface area (Å²) in [4.78, 5) is 4.79. The molecule has 0 N–H and O–H groups in total. The van der Waals surface area contributed by atoms with E-state index in [1.807, 2.05) is 30.3 Å². The van der Waals surface area contributed by atoms with Gasteiger partial charge >= 0.3 is 0 Å². The van der Waals surface area contributed by atoms with Gasteiger partial charge in [0.05, 0.1) is 35.3 Å². The van der Waals surface area contributed by atoms with E-state index in [-0.39, 0.29) is 29.6 Å². The number of hydrogen-bond donors (Lipinski definition) is 0. The molecule has 0 aliphatic carbocycles. The summed E-state index contributed by atoms with van der Waals surface area (Å²) in [6.07, 6.45) is 2.44. The molecule has 41 heavy (non-hydrogen) atoms. The normalized spacial score (nSPS) is 14.8. The highest BCUT2D eigenvalue weighted by molar-refractivity contribution is 5.76. The van der Waals surface area contributed by atoms with Gasteiger partial charge in [-0.1, -0.05) is 36.4 Å². The first kappa shape index (κ1) is 26.6. The first-order valence-electron chi connectivity index (χ1n) is 13.4. The summed E-state index contributed by atoms with van der Waals surface area (Å²) in [5, 5.41) is 8.91. The lowest BCUT2D eigenvalue weighted by Gasteiger charge is -2.15. The maximum absolute atomic E-state index is 15.4. The van der Waals surface area contributed by atoms with Crippen LogP contribution < -0.4 is 4.74 Å². The maximum atomic E-state index is 15.4. The number of imidazole rings is 1. The van der Waals surface area contributed by atoms with Crippen molar-refractivity contribution in [2.24, 2.45) is 0 Å². The number of fused-ring (bicyclic) bond motifs is 1. The molecule has 1 atom stereocenters. The average molecular weight is 554 g/mol. The number of halogens is 3. The molecule has 8 heteroatoms. The summed E-state index contributed by atoms with van der Waals surface area (Å²) in [5.74, 6) is -0.947. The molecule has 1 aliphatic heterocycles. The smallest absolute Gasteiger partial charge is 0.165 e. The number of para-hydroxylation sites is 2. The van der Waals surface area contributed by atoms with Gasteiger partial charge in [0.1, 0.15) is 24.1 Å². The van der Waals surface area contributed by atoms with Gasteiger partial charge in [0.2, 0.25) is 0 Å². The van der Waals surface area contributed by atoms with Gasteiger partial charge in [-0.15, -0.1) is 0 Å². The van der Waals surface area contributed by atoms with Gasteiger partial charge in [-0.25, -0.2) is 18.2 Å². The van der Waals surface area contributed by atoms with Crippen LogP contribution in [0.5, 0.6) is 5.75 Å². The molecular weight excluding hydrogens is 527 g/mol. The summed E-state index contributed by atoms with van der Waals surface area (Å²) in [5.41, 5.74) is 3.82. The SMILES string of the molecule is N#Cc1ccc(COc2cc(-c3ccc(Cc4nc5ccccc5n4CC4CCCO4)c(F)c3)ccc2F)c(F)c1. The summed E-state index contributed by atoms with van der Waals surface area (Å²) in [6, 6.07) is 22.9. The zero-order valence-electron chi connectivity index (χ0n) is 22.1. The quantitative estimate of drug-likeness (QED) is 0.202. The summed E-state index contributed by atoms with van der Waals surface area (Å²) in [7, 11) is 0. The van der Waals surface area contributed by atoms with E-state index in [4.69, 9.17) is 19.7 Å². The number of nitriles is 1. The number of hydrogen-bond acceptors (Lipinski definition) is 4. The lowest BCUT2D eigenvalue weighted by Crippen LogP contribution is -2.17. The summed E-state index contributed by atoms with van der Waals surface area (Å²) >= 11 is 0. The van der Waals surface area contributed by atoms with Crippen molar-refractivity contribution in [1.82, 2.24) is 9.55 Å². The van der Waals surface area contributed by atoms with Gasteiger partial charge in [-0.2, -0.15) is 5.26 Å². The zero-order valence-corrected chi connectivity index (χ0v) is 22.1. The van der Waals surface area contributed by atoms with Crippen LogP contribution in [0.1, 0.15) is 35.4 Å². The Bertz CT molecular complexity index is 1770. The molecule has 1 aromatic heterocycles. The van der Waals surface area contributed by atoms with Crippen molar-refractivity contribution in [3.05, 3.63) is 119 Å². The predicted molar refractivity (Wildman–Crippen MR) is 149 cm³/mol. The van der Waals surface area contributed by atoms with Crippen LogP contribution in [0.3, 0.4) is 0 Å². The molecule has 6 rings (SSSR count). The van der Waals surface area contributed by atoms with Gasteiger partial charge in [0, 0.05) is 18.6 Å². The molecule has 0 amide bonds. The van der Waals surface area contributed by atoms with Crippen LogP contribution in [0.15, 0.2) is 78.9 Å². The Balaban J connectivity index is 1.23. The van der Waals surface area contributed by atoms with Crippen LogP contribution in [0.25, 0.3) is 22.2 Å². The van der Waals surface area contributed by atoms with E-state index in [2.05, 4.69) is 4.57 Å². The first-order chi connectivity index (χ1) is 20.0. The van der Waals surface area contributed by atoms with Crippen LogP contribution in [0, 0.1) is 28.8 Å². The van der Waals surface area contributed by atoms with E-state index < -0.39 is 17.5 Å². The van der Waals surface area contributed by atoms with E-state index in [0.717, 1.165) is 42.4 Å². The molecule has 1 aliphatic rings. The topological polar surface area (TPSA) is 60.1 Å². The maximum Gasteiger partial charge on any atom is 0.165 e. The lowest BCUT2D eigenvalue weighted by atomic mass is 10.0. The van der Waals surface area contributed by atoms with Crippen LogP contribution in [0.4, 0.5) is 13.2 Å². The Morgan fingerprint density at radius 1 is 0.902 bits per heavy atom. The highest BCUT2D eigenvalue weighted by atomic mass is 19.1. The van der Waals surface area contributed by atoms with Gasteiger partial charge in [-0.3, -0.25) is 0 Å². The summed E-state index contributed by atoms with van der Waals surface area (Å²) in [6.45, 7) is 1.20. The number of rotatable bonds is 8. The van der Waals surface area contributed by atoms with Crippen LogP contribution in [0.2, 0.25) is 0 Å². The molecule has 2 heterocycles. The van der Waals surface area contributed by atoms with Crippen LogP contribution in [-0.2, 0) is 24.3 Å². The average Bonchev–Trinajstić information content (AvgIpc) is 3.62. The second-order valence-corrected chi connectivity index (χ2v) is 10.1. The van der Waals surface area contributed by atoms with Gasteiger partial charge in [0.15, 0.2) is 11.6 Å². The van der Waals surface area contributed by atoms with Crippen molar-refractivity contribution in [3.8, 4) is 22.9 Å². The summed E-state index contributed by atoms with van der Waals surface area (Å²) < 4.78 is 57.7. The van der Waals surface area contributed by atoms with Crippen LogP contribution >= 0.6 is 0 Å². The molecule has 5 nitrogen and oxygen atoms in total. The van der Waals surface area contributed by atoms with Gasteiger partial charge < -0.3 is 14.0 Å². The standard InChI is InChI=1S/C33H26F3N3O2/c34-27-12-11-23(16-32(27)41-20-25-8-7-21(18-37)14-28(25)35)22-9-10-24(29(36)15-22)17-33-38-30-5-1-2-6-31(30)39(33)19-26-4-3-13-40-26/h1-2,5-12,14-16,26H,3-4,13,17,19-20H2. The van der Waals surface area contributed by atoms with Crippen molar-refractivity contribution in [2.75, 3.05) is 6.61 Å². The number of aromatic nitrogens is 2. The minimum atomic E-state index is -0.620. The third kappa shape index (κ3) is 5.67. The fourth-order valence-corrected chi connectivity index (χ4v) is 5.18. The number of benzene rings is 4. The van der Waals surface area contributed by atoms with Crippen molar-refractivity contribution < 1.29 is 22.6 Å². The van der Waals surface area contributed by atoms with Crippen LogP contribution in [-0.4, -0.2) is 22.3 Å². The zero-order chi connectivity index (χ0) is 28.3. The largest absolute Gasteiger partial charge is 0.486 e. The predicted octanol–water partition coefficient (Wildman–Crippen LogP) is 7.34. The Hall–Kier alpha value is -4.61. The fraction of sp³-hybridized carbons (Fsp3) is 0.212. The van der Waals surface area contributed by atoms with Crippen molar-refractivity contribution >= 4 is 11.0 Å². The molecule has 5 aromatic rings. The molecule has 1 saturated heterocycles. The van der Waals surface area contributed by atoms with E-state index >= 15 is 4.39 Å². The van der Waals surface area contributed by atoms with Crippen molar-refractivity contribution in [1.29, 1.82) is 5.26 Å². The fourth-order valence-electron chi connectivity index (χ4n) is 5.18. The molecule has 0 spiro atoms. The minimum absolute atomic E-state index is 0.0846. The third-order valence-corrected chi connectivity index (χ3v) is 7.38. The monoisotopic (exact) mass is 553 g/mol. The highest BCUT2D eigenvalue weighted by Crippen LogP contribution is 2.30. The molecule has 1 unspecified atom stereocenters. The second-order valence-electron chi connectivity index (χ2n) is 10.1. The molecule has 4 aromatic carbocycles. The highest BCUT2D eigenvalue weighted by Gasteiger charge is 2.21. The number of nitrogens with zero attached hydrogens (tertiary/aromatic N) is 3. The molecule has 0 radical (unpaired) electrons. The Kier molecular flexibility index (Phi) is 7.45. The number of ether oxygens (including phenoxy) is 2.